The third-order valence-corrected chi connectivity index (χ3v) is 4.82. The maximum atomic E-state index is 13.9. The summed E-state index contributed by atoms with van der Waals surface area (Å²) in [5, 5.41) is 8.77. The van der Waals surface area contributed by atoms with Crippen LogP contribution in [0.4, 0.5) is 26.3 Å². The number of halogens is 6. The predicted octanol–water partition coefficient (Wildman–Crippen LogP) is 4.78. The quantitative estimate of drug-likeness (QED) is 0.384. The summed E-state index contributed by atoms with van der Waals surface area (Å²) < 4.78 is 86.4. The van der Waals surface area contributed by atoms with Gasteiger partial charge in [0.05, 0.1) is 17.7 Å². The van der Waals surface area contributed by atoms with Gasteiger partial charge in [-0.1, -0.05) is 0 Å². The van der Waals surface area contributed by atoms with Gasteiger partial charge in [-0.25, -0.2) is 18.2 Å². The van der Waals surface area contributed by atoms with Crippen molar-refractivity contribution in [2.75, 3.05) is 13.3 Å². The first-order valence-electron chi connectivity index (χ1n) is 9.78. The zero-order chi connectivity index (χ0) is 24.5. The lowest BCUT2D eigenvalue weighted by molar-refractivity contribution is -0.140. The van der Waals surface area contributed by atoms with Crippen LogP contribution in [0.15, 0.2) is 42.9 Å². The number of ether oxygens (including phenoxy) is 1. The Morgan fingerprint density at radius 2 is 1.88 bits per heavy atom. The SMILES string of the molecule is Cn1cnc(-c2cc(-c3n[nH]nc3C(F)(F)F)ccn2)c1-c1ccc(F)cc1OCC(F)CF. The van der Waals surface area contributed by atoms with Crippen LogP contribution in [-0.2, 0) is 13.2 Å². The summed E-state index contributed by atoms with van der Waals surface area (Å²) in [6.45, 7) is -1.90. The van der Waals surface area contributed by atoms with Crippen molar-refractivity contribution in [1.29, 1.82) is 0 Å². The van der Waals surface area contributed by atoms with Crippen LogP contribution in [0, 0.1) is 5.82 Å². The van der Waals surface area contributed by atoms with Crippen molar-refractivity contribution >= 4 is 0 Å². The van der Waals surface area contributed by atoms with Crippen molar-refractivity contribution in [1.82, 2.24) is 29.9 Å². The standard InChI is InChI=1S/C21H16F6N6O/c1-33-10-29-18(19(33)14-3-2-12(23)7-16(14)34-9-13(24)8-22)15-6-11(4-5-28-15)17-20(21(25,26)27)31-32-30-17/h2-7,10,13H,8-9H2,1H3,(H,30,31,32). The molecular weight excluding hydrogens is 466 g/mol. The van der Waals surface area contributed by atoms with E-state index in [0.717, 1.165) is 12.1 Å². The van der Waals surface area contributed by atoms with Gasteiger partial charge in [-0.15, -0.1) is 0 Å². The number of hydrogen-bond acceptors (Lipinski definition) is 5. The molecule has 4 aromatic rings. The lowest BCUT2D eigenvalue weighted by Gasteiger charge is -2.14. The molecule has 0 amide bonds. The number of H-pyrrole nitrogens is 1. The number of aromatic nitrogens is 6. The molecule has 0 saturated carbocycles. The minimum atomic E-state index is -4.73. The van der Waals surface area contributed by atoms with Crippen LogP contribution in [0.5, 0.6) is 5.75 Å². The van der Waals surface area contributed by atoms with Crippen LogP contribution < -0.4 is 4.74 Å². The lowest BCUT2D eigenvalue weighted by Crippen LogP contribution is -2.15. The van der Waals surface area contributed by atoms with E-state index in [-0.39, 0.29) is 22.7 Å². The predicted molar refractivity (Wildman–Crippen MR) is 109 cm³/mol. The Labute approximate surface area is 188 Å². The van der Waals surface area contributed by atoms with Gasteiger partial charge in [0.15, 0.2) is 11.9 Å². The van der Waals surface area contributed by atoms with Gasteiger partial charge in [0.2, 0.25) is 0 Å². The van der Waals surface area contributed by atoms with Gasteiger partial charge in [0, 0.05) is 30.4 Å². The third kappa shape index (κ3) is 4.58. The van der Waals surface area contributed by atoms with Gasteiger partial charge in [-0.2, -0.15) is 28.6 Å². The second-order valence-corrected chi connectivity index (χ2v) is 7.20. The minimum absolute atomic E-state index is 0.0621. The molecule has 0 spiro atoms. The van der Waals surface area contributed by atoms with E-state index in [0.29, 0.717) is 11.3 Å². The van der Waals surface area contributed by atoms with E-state index in [1.54, 1.807) is 11.6 Å². The summed E-state index contributed by atoms with van der Waals surface area (Å²) in [5.41, 5.74) is -0.430. The van der Waals surface area contributed by atoms with Gasteiger partial charge in [-0.05, 0) is 24.3 Å². The summed E-state index contributed by atoms with van der Waals surface area (Å²) >= 11 is 0. The van der Waals surface area contributed by atoms with Crippen molar-refractivity contribution in [2.24, 2.45) is 7.05 Å². The van der Waals surface area contributed by atoms with Crippen molar-refractivity contribution in [3.63, 3.8) is 0 Å². The van der Waals surface area contributed by atoms with Crippen molar-refractivity contribution in [3.05, 3.63) is 54.4 Å². The van der Waals surface area contributed by atoms with Gasteiger partial charge >= 0.3 is 6.18 Å². The molecule has 34 heavy (non-hydrogen) atoms. The average molecular weight is 482 g/mol. The van der Waals surface area contributed by atoms with Crippen LogP contribution in [-0.4, -0.2) is 49.4 Å². The molecule has 0 aliphatic heterocycles. The number of aromatic amines is 1. The number of hydrogen-bond donors (Lipinski definition) is 1. The number of nitrogens with zero attached hydrogens (tertiary/aromatic N) is 5. The average Bonchev–Trinajstić information content (AvgIpc) is 3.45. The molecule has 0 bridgehead atoms. The number of aryl methyl sites for hydroxylation is 1. The number of nitrogens with one attached hydrogen (secondary N) is 1. The van der Waals surface area contributed by atoms with Crippen LogP contribution in [0.2, 0.25) is 0 Å². The monoisotopic (exact) mass is 482 g/mol. The molecule has 0 aliphatic carbocycles. The van der Waals surface area contributed by atoms with Crippen LogP contribution >= 0.6 is 0 Å². The Morgan fingerprint density at radius 1 is 1.09 bits per heavy atom. The lowest BCUT2D eigenvalue weighted by atomic mass is 10.0. The Balaban J connectivity index is 1.79. The third-order valence-electron chi connectivity index (χ3n) is 4.82. The molecule has 0 aliphatic rings. The Morgan fingerprint density at radius 3 is 2.62 bits per heavy atom. The first kappa shape index (κ1) is 23.3. The summed E-state index contributed by atoms with van der Waals surface area (Å²) in [7, 11) is 1.63. The molecule has 3 heterocycles. The van der Waals surface area contributed by atoms with Gasteiger partial charge in [-0.3, -0.25) is 4.98 Å². The highest BCUT2D eigenvalue weighted by Gasteiger charge is 2.38. The minimum Gasteiger partial charge on any atom is -0.490 e. The molecule has 1 unspecified atom stereocenters. The van der Waals surface area contributed by atoms with Gasteiger partial charge < -0.3 is 9.30 Å². The van der Waals surface area contributed by atoms with E-state index in [1.165, 1.54) is 30.7 Å². The molecule has 0 fully saturated rings. The second kappa shape index (κ2) is 9.15. The molecule has 4 rings (SSSR count). The molecular formula is C21H16F6N6O. The molecule has 1 N–H and O–H groups in total. The first-order chi connectivity index (χ1) is 16.2. The highest BCUT2D eigenvalue weighted by Crippen LogP contribution is 2.38. The molecule has 7 nitrogen and oxygen atoms in total. The summed E-state index contributed by atoms with van der Waals surface area (Å²) in [6.07, 6.45) is -3.92. The van der Waals surface area contributed by atoms with Crippen LogP contribution in [0.3, 0.4) is 0 Å². The maximum Gasteiger partial charge on any atom is 0.437 e. The summed E-state index contributed by atoms with van der Waals surface area (Å²) in [5.74, 6) is -0.725. The van der Waals surface area contributed by atoms with E-state index in [4.69, 9.17) is 4.74 Å². The largest absolute Gasteiger partial charge is 0.490 e. The van der Waals surface area contributed by atoms with E-state index >= 15 is 0 Å². The van der Waals surface area contributed by atoms with Crippen LogP contribution in [0.1, 0.15) is 5.69 Å². The molecule has 0 radical (unpaired) electrons. The maximum absolute atomic E-state index is 13.9. The molecule has 1 atom stereocenters. The first-order valence-corrected chi connectivity index (χ1v) is 9.78. The Bertz CT molecular complexity index is 1300. The van der Waals surface area contributed by atoms with E-state index < -0.39 is 42.8 Å². The summed E-state index contributed by atoms with van der Waals surface area (Å²) in [4.78, 5) is 8.49. The van der Waals surface area contributed by atoms with Crippen molar-refractivity contribution in [3.8, 4) is 39.7 Å². The fourth-order valence-corrected chi connectivity index (χ4v) is 3.31. The fourth-order valence-electron chi connectivity index (χ4n) is 3.31. The van der Waals surface area contributed by atoms with E-state index in [9.17, 15) is 26.3 Å². The second-order valence-electron chi connectivity index (χ2n) is 7.20. The van der Waals surface area contributed by atoms with Crippen LogP contribution in [0.25, 0.3) is 33.9 Å². The fraction of sp³-hybridized carbons (Fsp3) is 0.238. The van der Waals surface area contributed by atoms with Crippen molar-refractivity contribution in [2.45, 2.75) is 12.3 Å². The summed E-state index contributed by atoms with van der Waals surface area (Å²) in [6, 6.07) is 6.23. The Hall–Kier alpha value is -3.90. The zero-order valence-electron chi connectivity index (χ0n) is 17.4. The number of imidazole rings is 1. The Kier molecular flexibility index (Phi) is 6.26. The smallest absolute Gasteiger partial charge is 0.437 e. The van der Waals surface area contributed by atoms with E-state index in [1.807, 2.05) is 5.21 Å². The number of pyridine rings is 1. The molecule has 0 saturated heterocycles. The van der Waals surface area contributed by atoms with Gasteiger partial charge in [0.1, 0.15) is 36.2 Å². The molecule has 13 heteroatoms. The number of rotatable bonds is 7. The van der Waals surface area contributed by atoms with E-state index in [2.05, 4.69) is 20.2 Å². The van der Waals surface area contributed by atoms with Gasteiger partial charge in [0.25, 0.3) is 0 Å². The normalized spacial score (nSPS) is 12.7. The van der Waals surface area contributed by atoms with Crippen molar-refractivity contribution < 1.29 is 31.1 Å². The molecule has 178 valence electrons. The highest BCUT2D eigenvalue weighted by atomic mass is 19.4. The zero-order valence-corrected chi connectivity index (χ0v) is 17.4. The molecule has 1 aromatic carbocycles. The molecule has 3 aromatic heterocycles. The highest BCUT2D eigenvalue weighted by molar-refractivity contribution is 5.82. The number of benzene rings is 1. The topological polar surface area (TPSA) is 81.5 Å². The number of alkyl halides is 5.